The summed E-state index contributed by atoms with van der Waals surface area (Å²) in [6.07, 6.45) is 0. The Labute approximate surface area is 139 Å². The Morgan fingerprint density at radius 2 is 1.92 bits per heavy atom. The van der Waals surface area contributed by atoms with Gasteiger partial charge in [-0.2, -0.15) is 0 Å². The number of nitrogens with one attached hydrogen (secondary N) is 1. The van der Waals surface area contributed by atoms with Crippen molar-refractivity contribution >= 4 is 27.8 Å². The van der Waals surface area contributed by atoms with E-state index in [0.717, 1.165) is 10.4 Å². The number of carbonyl (C=O) groups is 3. The van der Waals surface area contributed by atoms with Crippen LogP contribution >= 0.6 is 0 Å². The molecule has 2 amide bonds. The molecule has 0 aromatic heterocycles. The van der Waals surface area contributed by atoms with Crippen LogP contribution < -0.4 is 5.32 Å². The van der Waals surface area contributed by atoms with E-state index in [-0.39, 0.29) is 29.1 Å². The van der Waals surface area contributed by atoms with Gasteiger partial charge in [0, 0.05) is 18.7 Å². The molecule has 0 spiro atoms. The van der Waals surface area contributed by atoms with Gasteiger partial charge in [0.05, 0.1) is 11.0 Å². The van der Waals surface area contributed by atoms with Crippen molar-refractivity contribution in [3.63, 3.8) is 0 Å². The highest BCUT2D eigenvalue weighted by Crippen LogP contribution is 2.30. The molecule has 8 nitrogen and oxygen atoms in total. The number of carboxylic acid groups (broad SMARTS) is 1. The van der Waals surface area contributed by atoms with Gasteiger partial charge in [0.2, 0.25) is 0 Å². The van der Waals surface area contributed by atoms with Crippen LogP contribution in [0.4, 0.5) is 0 Å². The van der Waals surface area contributed by atoms with Crippen molar-refractivity contribution in [2.24, 2.45) is 5.41 Å². The fourth-order valence-corrected chi connectivity index (χ4v) is 3.81. The SMILES string of the molecule is CCN1C(=O)c2ccc(C(=O)NCC(C)(C)C(=O)O)cc2S1(=O)=O. The van der Waals surface area contributed by atoms with Crippen LogP contribution in [0, 0.1) is 5.41 Å². The van der Waals surface area contributed by atoms with Gasteiger partial charge in [0.1, 0.15) is 4.90 Å². The minimum Gasteiger partial charge on any atom is -0.481 e. The number of fused-ring (bicyclic) bond motifs is 1. The van der Waals surface area contributed by atoms with E-state index in [4.69, 9.17) is 5.11 Å². The molecular formula is C15H18N2O6S. The van der Waals surface area contributed by atoms with E-state index in [1.165, 1.54) is 26.0 Å². The maximum absolute atomic E-state index is 12.3. The van der Waals surface area contributed by atoms with E-state index in [9.17, 15) is 22.8 Å². The fourth-order valence-electron chi connectivity index (χ4n) is 2.21. The number of hydrogen-bond acceptors (Lipinski definition) is 5. The smallest absolute Gasteiger partial charge is 0.310 e. The van der Waals surface area contributed by atoms with Crippen LogP contribution in [0.2, 0.25) is 0 Å². The average Bonchev–Trinajstić information content (AvgIpc) is 2.70. The number of rotatable bonds is 5. The average molecular weight is 354 g/mol. The molecular weight excluding hydrogens is 336 g/mol. The fraction of sp³-hybridized carbons (Fsp3) is 0.400. The summed E-state index contributed by atoms with van der Waals surface area (Å²) in [5.41, 5.74) is -1.09. The third-order valence-electron chi connectivity index (χ3n) is 3.83. The molecule has 0 aliphatic carbocycles. The van der Waals surface area contributed by atoms with Crippen molar-refractivity contribution in [2.45, 2.75) is 25.7 Å². The van der Waals surface area contributed by atoms with Gasteiger partial charge >= 0.3 is 5.97 Å². The van der Waals surface area contributed by atoms with E-state index in [2.05, 4.69) is 5.32 Å². The number of aliphatic carboxylic acids is 1. The van der Waals surface area contributed by atoms with Gasteiger partial charge in [0.25, 0.3) is 21.8 Å². The van der Waals surface area contributed by atoms with Gasteiger partial charge in [-0.15, -0.1) is 0 Å². The number of nitrogens with zero attached hydrogens (tertiary/aromatic N) is 1. The Morgan fingerprint density at radius 3 is 2.46 bits per heavy atom. The van der Waals surface area contributed by atoms with Crippen molar-refractivity contribution < 1.29 is 27.9 Å². The minimum atomic E-state index is -3.95. The molecule has 1 aliphatic rings. The van der Waals surface area contributed by atoms with Gasteiger partial charge in [-0.3, -0.25) is 14.4 Å². The summed E-state index contributed by atoms with van der Waals surface area (Å²) in [6.45, 7) is 4.35. The number of amides is 2. The molecule has 24 heavy (non-hydrogen) atoms. The molecule has 130 valence electrons. The number of sulfonamides is 1. The first-order chi connectivity index (χ1) is 11.0. The summed E-state index contributed by atoms with van der Waals surface area (Å²) in [5.74, 6) is -2.29. The normalized spacial score (nSPS) is 16.0. The minimum absolute atomic E-state index is 0.00414. The predicted octanol–water partition coefficient (Wildman–Crippen LogP) is 0.692. The molecule has 1 aromatic rings. The largest absolute Gasteiger partial charge is 0.481 e. The maximum atomic E-state index is 12.3. The van der Waals surface area contributed by atoms with Gasteiger partial charge < -0.3 is 10.4 Å². The molecule has 0 saturated carbocycles. The summed E-state index contributed by atoms with van der Waals surface area (Å²) in [5, 5.41) is 11.5. The van der Waals surface area contributed by atoms with Crippen LogP contribution in [0.1, 0.15) is 41.5 Å². The Balaban J connectivity index is 2.29. The van der Waals surface area contributed by atoms with Crippen molar-refractivity contribution in [3.8, 4) is 0 Å². The molecule has 0 radical (unpaired) electrons. The highest BCUT2D eigenvalue weighted by Gasteiger charge is 2.40. The van der Waals surface area contributed by atoms with Gasteiger partial charge in [-0.1, -0.05) is 0 Å². The van der Waals surface area contributed by atoms with Crippen LogP contribution in [0.5, 0.6) is 0 Å². The van der Waals surface area contributed by atoms with E-state index in [1.807, 2.05) is 0 Å². The molecule has 9 heteroatoms. The first kappa shape index (κ1) is 17.9. The lowest BCUT2D eigenvalue weighted by molar-refractivity contribution is -0.146. The Kier molecular flexibility index (Phi) is 4.40. The standard InChI is InChI=1S/C15H18N2O6S/c1-4-17-13(19)10-6-5-9(7-11(10)24(17,22)23)12(18)16-8-15(2,3)14(20)21/h5-7H,4,8H2,1-3H3,(H,16,18)(H,20,21). The summed E-state index contributed by atoms with van der Waals surface area (Å²) in [7, 11) is -3.95. The molecule has 0 atom stereocenters. The lowest BCUT2D eigenvalue weighted by Gasteiger charge is -2.19. The summed E-state index contributed by atoms with van der Waals surface area (Å²) < 4.78 is 25.3. The number of benzene rings is 1. The monoisotopic (exact) mass is 354 g/mol. The number of carbonyl (C=O) groups excluding carboxylic acids is 2. The van der Waals surface area contributed by atoms with E-state index >= 15 is 0 Å². The van der Waals surface area contributed by atoms with Crippen LogP contribution in [0.25, 0.3) is 0 Å². The van der Waals surface area contributed by atoms with Crippen molar-refractivity contribution in [1.82, 2.24) is 9.62 Å². The van der Waals surface area contributed by atoms with E-state index < -0.39 is 33.2 Å². The van der Waals surface area contributed by atoms with Crippen molar-refractivity contribution in [1.29, 1.82) is 0 Å². The molecule has 0 saturated heterocycles. The Hall–Kier alpha value is -2.42. The number of carboxylic acids is 1. The number of hydrogen-bond donors (Lipinski definition) is 2. The van der Waals surface area contributed by atoms with E-state index in [1.54, 1.807) is 6.92 Å². The molecule has 1 aliphatic heterocycles. The predicted molar refractivity (Wildman–Crippen MR) is 84.1 cm³/mol. The molecule has 0 unspecified atom stereocenters. The summed E-state index contributed by atoms with van der Waals surface area (Å²) >= 11 is 0. The van der Waals surface area contributed by atoms with Gasteiger partial charge in [-0.05, 0) is 39.0 Å². The molecule has 0 bridgehead atoms. The molecule has 2 N–H and O–H groups in total. The molecule has 1 heterocycles. The Morgan fingerprint density at radius 1 is 1.29 bits per heavy atom. The third-order valence-corrected chi connectivity index (χ3v) is 5.72. The second kappa shape index (κ2) is 5.90. The van der Waals surface area contributed by atoms with Crippen LogP contribution in [0.15, 0.2) is 23.1 Å². The van der Waals surface area contributed by atoms with Crippen LogP contribution in [-0.4, -0.2) is 48.7 Å². The molecule has 2 rings (SSSR count). The van der Waals surface area contributed by atoms with Crippen molar-refractivity contribution in [3.05, 3.63) is 29.3 Å². The van der Waals surface area contributed by atoms with Crippen LogP contribution in [0.3, 0.4) is 0 Å². The molecule has 1 aromatic carbocycles. The zero-order valence-electron chi connectivity index (χ0n) is 13.5. The maximum Gasteiger partial charge on any atom is 0.310 e. The third kappa shape index (κ3) is 2.86. The highest BCUT2D eigenvalue weighted by atomic mass is 32.2. The second-order valence-corrected chi connectivity index (χ2v) is 7.89. The first-order valence-corrected chi connectivity index (χ1v) is 8.69. The first-order valence-electron chi connectivity index (χ1n) is 7.25. The summed E-state index contributed by atoms with van der Waals surface area (Å²) in [6, 6.07) is 3.78. The van der Waals surface area contributed by atoms with Gasteiger partial charge in [-0.25, -0.2) is 12.7 Å². The second-order valence-electron chi connectivity index (χ2n) is 6.06. The quantitative estimate of drug-likeness (QED) is 0.802. The topological polar surface area (TPSA) is 121 Å². The zero-order chi connectivity index (χ0) is 18.3. The van der Waals surface area contributed by atoms with Crippen LogP contribution in [-0.2, 0) is 14.8 Å². The lowest BCUT2D eigenvalue weighted by atomic mass is 9.94. The van der Waals surface area contributed by atoms with E-state index in [0.29, 0.717) is 0 Å². The lowest BCUT2D eigenvalue weighted by Crippen LogP contribution is -2.38. The summed E-state index contributed by atoms with van der Waals surface area (Å²) in [4.78, 5) is 35.0. The zero-order valence-corrected chi connectivity index (χ0v) is 14.3. The Bertz CT molecular complexity index is 828. The molecule has 0 fully saturated rings. The highest BCUT2D eigenvalue weighted by molar-refractivity contribution is 7.90. The van der Waals surface area contributed by atoms with Gasteiger partial charge in [0.15, 0.2) is 0 Å². The van der Waals surface area contributed by atoms with Crippen molar-refractivity contribution in [2.75, 3.05) is 13.1 Å².